The maximum absolute atomic E-state index is 12.0. The standard InChI is InChI=1S/C11H22N2O3/c1-5-8(4)13(6-9(14)15)11(16)10(12)7(2)3/h7-8,10H,5-6,12H2,1-4H3,(H,14,15)/t8?,10-/m0/s1. The van der Waals surface area contributed by atoms with Crippen molar-refractivity contribution in [2.45, 2.75) is 46.2 Å². The Morgan fingerprint density at radius 1 is 1.31 bits per heavy atom. The molecule has 16 heavy (non-hydrogen) atoms. The van der Waals surface area contributed by atoms with Crippen molar-refractivity contribution in [1.29, 1.82) is 0 Å². The second-order valence-electron chi connectivity index (χ2n) is 4.39. The maximum atomic E-state index is 12.0. The van der Waals surface area contributed by atoms with Gasteiger partial charge in [0.2, 0.25) is 5.91 Å². The first-order valence-electron chi connectivity index (χ1n) is 5.59. The molecule has 0 heterocycles. The first-order valence-corrected chi connectivity index (χ1v) is 5.59. The van der Waals surface area contributed by atoms with E-state index in [1.165, 1.54) is 4.90 Å². The van der Waals surface area contributed by atoms with Crippen molar-refractivity contribution in [3.05, 3.63) is 0 Å². The van der Waals surface area contributed by atoms with Crippen molar-refractivity contribution >= 4 is 11.9 Å². The zero-order chi connectivity index (χ0) is 12.9. The second kappa shape index (κ2) is 6.48. The van der Waals surface area contributed by atoms with Gasteiger partial charge >= 0.3 is 5.97 Å². The predicted molar refractivity (Wildman–Crippen MR) is 61.9 cm³/mol. The van der Waals surface area contributed by atoms with Gasteiger partial charge in [0, 0.05) is 6.04 Å². The van der Waals surface area contributed by atoms with Crippen molar-refractivity contribution in [3.8, 4) is 0 Å². The summed E-state index contributed by atoms with van der Waals surface area (Å²) in [6.45, 7) is 7.14. The van der Waals surface area contributed by atoms with Crippen LogP contribution in [0, 0.1) is 5.92 Å². The van der Waals surface area contributed by atoms with Gasteiger partial charge in [0.15, 0.2) is 0 Å². The fraction of sp³-hybridized carbons (Fsp3) is 0.818. The van der Waals surface area contributed by atoms with Gasteiger partial charge in [0.25, 0.3) is 0 Å². The zero-order valence-corrected chi connectivity index (χ0v) is 10.4. The molecular formula is C11H22N2O3. The molecular weight excluding hydrogens is 208 g/mol. The largest absolute Gasteiger partial charge is 0.480 e. The van der Waals surface area contributed by atoms with E-state index in [0.29, 0.717) is 6.42 Å². The second-order valence-corrected chi connectivity index (χ2v) is 4.39. The number of carbonyl (C=O) groups excluding carboxylic acids is 1. The molecule has 0 radical (unpaired) electrons. The molecule has 0 aromatic carbocycles. The molecule has 1 amide bonds. The van der Waals surface area contributed by atoms with Crippen LogP contribution in [0.15, 0.2) is 0 Å². The van der Waals surface area contributed by atoms with Crippen LogP contribution in [0.1, 0.15) is 34.1 Å². The van der Waals surface area contributed by atoms with Crippen LogP contribution in [0.3, 0.4) is 0 Å². The van der Waals surface area contributed by atoms with Gasteiger partial charge < -0.3 is 15.7 Å². The highest BCUT2D eigenvalue weighted by Crippen LogP contribution is 2.09. The third-order valence-corrected chi connectivity index (χ3v) is 2.71. The van der Waals surface area contributed by atoms with Crippen LogP contribution in [-0.2, 0) is 9.59 Å². The quantitative estimate of drug-likeness (QED) is 0.703. The van der Waals surface area contributed by atoms with Gasteiger partial charge in [0.1, 0.15) is 6.54 Å². The Morgan fingerprint density at radius 3 is 2.12 bits per heavy atom. The molecule has 0 spiro atoms. The number of rotatable bonds is 6. The Labute approximate surface area is 96.6 Å². The molecule has 0 aliphatic heterocycles. The molecule has 2 atom stereocenters. The average molecular weight is 230 g/mol. The van der Waals surface area contributed by atoms with E-state index in [9.17, 15) is 9.59 Å². The highest BCUT2D eigenvalue weighted by molar-refractivity contribution is 5.85. The SMILES string of the molecule is CCC(C)N(CC(=O)O)C(=O)[C@@H](N)C(C)C. The van der Waals surface area contributed by atoms with E-state index in [-0.39, 0.29) is 24.4 Å². The smallest absolute Gasteiger partial charge is 0.323 e. The maximum Gasteiger partial charge on any atom is 0.323 e. The first-order chi connectivity index (χ1) is 7.31. The molecule has 0 fully saturated rings. The number of carboxylic acid groups (broad SMARTS) is 1. The van der Waals surface area contributed by atoms with Gasteiger partial charge in [-0.25, -0.2) is 0 Å². The molecule has 1 unspecified atom stereocenters. The van der Waals surface area contributed by atoms with E-state index in [1.54, 1.807) is 0 Å². The van der Waals surface area contributed by atoms with Gasteiger partial charge in [0.05, 0.1) is 6.04 Å². The Bertz CT molecular complexity index is 254. The Hall–Kier alpha value is -1.10. The summed E-state index contributed by atoms with van der Waals surface area (Å²) in [6, 6.07) is -0.734. The van der Waals surface area contributed by atoms with Gasteiger partial charge in [-0.2, -0.15) is 0 Å². The topological polar surface area (TPSA) is 83.6 Å². The minimum absolute atomic E-state index is 0.00727. The van der Waals surface area contributed by atoms with Gasteiger partial charge in [-0.05, 0) is 19.3 Å². The Balaban J connectivity index is 4.75. The monoisotopic (exact) mass is 230 g/mol. The highest BCUT2D eigenvalue weighted by atomic mass is 16.4. The summed E-state index contributed by atoms with van der Waals surface area (Å²) in [5.41, 5.74) is 5.74. The normalized spacial score (nSPS) is 14.6. The lowest BCUT2D eigenvalue weighted by molar-refractivity contribution is -0.147. The van der Waals surface area contributed by atoms with Crippen LogP contribution in [-0.4, -0.2) is 40.5 Å². The molecule has 0 rings (SSSR count). The van der Waals surface area contributed by atoms with Crippen LogP contribution < -0.4 is 5.73 Å². The van der Waals surface area contributed by atoms with E-state index in [2.05, 4.69) is 0 Å². The minimum atomic E-state index is -1.01. The molecule has 0 saturated carbocycles. The van der Waals surface area contributed by atoms with Gasteiger partial charge in [-0.3, -0.25) is 9.59 Å². The summed E-state index contributed by atoms with van der Waals surface area (Å²) in [4.78, 5) is 24.0. The summed E-state index contributed by atoms with van der Waals surface area (Å²) in [6.07, 6.45) is 0.712. The lowest BCUT2D eigenvalue weighted by atomic mass is 10.0. The first kappa shape index (κ1) is 14.9. The molecule has 5 heteroatoms. The summed E-state index contributed by atoms with van der Waals surface area (Å²) in [5, 5.41) is 8.76. The van der Waals surface area contributed by atoms with Crippen molar-refractivity contribution in [1.82, 2.24) is 4.90 Å². The molecule has 0 saturated heterocycles. The number of amides is 1. The zero-order valence-electron chi connectivity index (χ0n) is 10.4. The average Bonchev–Trinajstić information content (AvgIpc) is 2.22. The number of aliphatic carboxylic acids is 1. The Kier molecular flexibility index (Phi) is 6.03. The number of hydrogen-bond acceptors (Lipinski definition) is 3. The van der Waals surface area contributed by atoms with Crippen molar-refractivity contribution in [2.24, 2.45) is 11.7 Å². The van der Waals surface area contributed by atoms with Crippen molar-refractivity contribution < 1.29 is 14.7 Å². The molecule has 3 N–H and O–H groups in total. The minimum Gasteiger partial charge on any atom is -0.480 e. The lowest BCUT2D eigenvalue weighted by Gasteiger charge is -2.30. The number of carboxylic acids is 1. The van der Waals surface area contributed by atoms with Crippen LogP contribution in [0.4, 0.5) is 0 Å². The molecule has 0 aromatic rings. The molecule has 0 aliphatic carbocycles. The number of nitrogens with two attached hydrogens (primary N) is 1. The van der Waals surface area contributed by atoms with E-state index >= 15 is 0 Å². The molecule has 0 aliphatic rings. The summed E-state index contributed by atoms with van der Waals surface area (Å²) in [5.74, 6) is -1.29. The lowest BCUT2D eigenvalue weighted by Crippen LogP contribution is -2.51. The summed E-state index contributed by atoms with van der Waals surface area (Å²) < 4.78 is 0. The molecule has 0 bridgehead atoms. The van der Waals surface area contributed by atoms with Crippen molar-refractivity contribution in [2.75, 3.05) is 6.54 Å². The fourth-order valence-electron chi connectivity index (χ4n) is 1.29. The van der Waals surface area contributed by atoms with E-state index in [0.717, 1.165) is 0 Å². The summed E-state index contributed by atoms with van der Waals surface area (Å²) >= 11 is 0. The summed E-state index contributed by atoms with van der Waals surface area (Å²) in [7, 11) is 0. The third kappa shape index (κ3) is 4.18. The van der Waals surface area contributed by atoms with Gasteiger partial charge in [-0.1, -0.05) is 20.8 Å². The van der Waals surface area contributed by atoms with E-state index in [1.807, 2.05) is 27.7 Å². The molecule has 94 valence electrons. The third-order valence-electron chi connectivity index (χ3n) is 2.71. The van der Waals surface area contributed by atoms with Crippen LogP contribution >= 0.6 is 0 Å². The van der Waals surface area contributed by atoms with Crippen LogP contribution in [0.5, 0.6) is 0 Å². The van der Waals surface area contributed by atoms with E-state index in [4.69, 9.17) is 10.8 Å². The van der Waals surface area contributed by atoms with E-state index < -0.39 is 12.0 Å². The molecule has 0 aromatic heterocycles. The number of nitrogens with zero attached hydrogens (tertiary/aromatic N) is 1. The van der Waals surface area contributed by atoms with Crippen LogP contribution in [0.2, 0.25) is 0 Å². The fourth-order valence-corrected chi connectivity index (χ4v) is 1.29. The van der Waals surface area contributed by atoms with Gasteiger partial charge in [-0.15, -0.1) is 0 Å². The van der Waals surface area contributed by atoms with Crippen LogP contribution in [0.25, 0.3) is 0 Å². The number of hydrogen-bond donors (Lipinski definition) is 2. The van der Waals surface area contributed by atoms with Crippen molar-refractivity contribution in [3.63, 3.8) is 0 Å². The Morgan fingerprint density at radius 2 is 1.81 bits per heavy atom. The number of carbonyl (C=O) groups is 2. The molecule has 5 nitrogen and oxygen atoms in total. The highest BCUT2D eigenvalue weighted by Gasteiger charge is 2.27. The predicted octanol–water partition coefficient (Wildman–Crippen LogP) is 0.681.